The number of hydrogen-bond acceptors (Lipinski definition) is 6. The molecule has 37 heavy (non-hydrogen) atoms. The van der Waals surface area contributed by atoms with Gasteiger partial charge in [0.1, 0.15) is 5.65 Å². The first-order valence-electron chi connectivity index (χ1n) is 13.4. The first-order valence-corrected chi connectivity index (χ1v) is 13.4. The van der Waals surface area contributed by atoms with Gasteiger partial charge in [-0.25, -0.2) is 4.98 Å². The van der Waals surface area contributed by atoms with Crippen LogP contribution >= 0.6 is 0 Å². The highest BCUT2D eigenvalue weighted by atomic mass is 16.2. The van der Waals surface area contributed by atoms with Gasteiger partial charge in [0, 0.05) is 62.6 Å². The van der Waals surface area contributed by atoms with Crippen molar-refractivity contribution in [2.75, 3.05) is 38.0 Å². The second-order valence-electron chi connectivity index (χ2n) is 10.4. The Bertz CT molecular complexity index is 1300. The molecule has 2 fully saturated rings. The van der Waals surface area contributed by atoms with Crippen molar-refractivity contribution in [3.8, 4) is 0 Å². The summed E-state index contributed by atoms with van der Waals surface area (Å²) in [5, 5.41) is 4.14. The van der Waals surface area contributed by atoms with E-state index in [4.69, 9.17) is 4.98 Å². The molecule has 2 aromatic heterocycles. The molecule has 0 unspecified atom stereocenters. The van der Waals surface area contributed by atoms with E-state index in [2.05, 4.69) is 53.0 Å². The zero-order valence-electron chi connectivity index (χ0n) is 21.6. The lowest BCUT2D eigenvalue weighted by atomic mass is 9.79. The fourth-order valence-corrected chi connectivity index (χ4v) is 5.47. The predicted octanol–water partition coefficient (Wildman–Crippen LogP) is 4.16. The standard InChI is InChI=1S/C29H36N6O2/c1-3-26(36)34-17-14-33(15-18-34)16-19-35-27(37)13-10-24-20-30-29(32-28(24)35)31-25-11-8-23(9-12-25)22-6-4-21(2)5-7-22/h3,8-13,20-22H,1,4-7,14-19H2,2H3,(H,30,31,32). The van der Waals surface area contributed by atoms with Crippen molar-refractivity contribution in [2.24, 2.45) is 5.92 Å². The van der Waals surface area contributed by atoms with Crippen LogP contribution in [0, 0.1) is 5.92 Å². The average molecular weight is 501 g/mol. The Hall–Kier alpha value is -3.52. The van der Waals surface area contributed by atoms with Gasteiger partial charge >= 0.3 is 0 Å². The number of fused-ring (bicyclic) bond motifs is 1. The van der Waals surface area contributed by atoms with E-state index >= 15 is 0 Å². The van der Waals surface area contributed by atoms with Gasteiger partial charge in [0.05, 0.1) is 0 Å². The third kappa shape index (κ3) is 5.91. The van der Waals surface area contributed by atoms with Crippen LogP contribution < -0.4 is 10.9 Å². The van der Waals surface area contributed by atoms with Crippen molar-refractivity contribution in [1.82, 2.24) is 24.3 Å². The number of anilines is 2. The van der Waals surface area contributed by atoms with Gasteiger partial charge < -0.3 is 10.2 Å². The van der Waals surface area contributed by atoms with E-state index in [-0.39, 0.29) is 11.5 Å². The zero-order chi connectivity index (χ0) is 25.8. The Morgan fingerprint density at radius 3 is 2.46 bits per heavy atom. The van der Waals surface area contributed by atoms with Crippen LogP contribution in [0.2, 0.25) is 0 Å². The van der Waals surface area contributed by atoms with E-state index < -0.39 is 0 Å². The number of carbonyl (C=O) groups is 1. The summed E-state index contributed by atoms with van der Waals surface area (Å²) in [5.74, 6) is 1.95. The maximum Gasteiger partial charge on any atom is 0.252 e. The molecule has 1 aliphatic heterocycles. The molecule has 194 valence electrons. The normalized spacial score (nSPS) is 20.6. The van der Waals surface area contributed by atoms with Gasteiger partial charge in [-0.2, -0.15) is 4.98 Å². The van der Waals surface area contributed by atoms with Crippen LogP contribution in [-0.4, -0.2) is 63.0 Å². The van der Waals surface area contributed by atoms with E-state index in [1.54, 1.807) is 27.8 Å². The van der Waals surface area contributed by atoms with Crippen LogP contribution in [0.4, 0.5) is 11.6 Å². The zero-order valence-corrected chi connectivity index (χ0v) is 21.6. The fourth-order valence-electron chi connectivity index (χ4n) is 5.47. The Morgan fingerprint density at radius 1 is 1.03 bits per heavy atom. The largest absolute Gasteiger partial charge is 0.337 e. The molecule has 1 aromatic carbocycles. The Balaban J connectivity index is 1.26. The summed E-state index contributed by atoms with van der Waals surface area (Å²) in [5.41, 5.74) is 2.88. The van der Waals surface area contributed by atoms with E-state index in [1.807, 2.05) is 0 Å². The van der Waals surface area contributed by atoms with Gasteiger partial charge in [-0.05, 0) is 54.5 Å². The number of piperazine rings is 1. The summed E-state index contributed by atoms with van der Waals surface area (Å²) in [6.07, 6.45) is 8.27. The van der Waals surface area contributed by atoms with E-state index in [0.717, 1.165) is 30.1 Å². The summed E-state index contributed by atoms with van der Waals surface area (Å²) in [6.45, 7) is 10.0. The minimum atomic E-state index is -0.0798. The SMILES string of the molecule is C=CC(=O)N1CCN(CCn2c(=O)ccc3cnc(Nc4ccc(C5CCC(C)CC5)cc4)nc32)CC1. The van der Waals surface area contributed by atoms with Crippen LogP contribution in [0.1, 0.15) is 44.1 Å². The number of nitrogens with one attached hydrogen (secondary N) is 1. The summed E-state index contributed by atoms with van der Waals surface area (Å²) in [6, 6.07) is 12.0. The molecule has 3 aromatic rings. The number of rotatable bonds is 7. The molecule has 8 heteroatoms. The molecule has 1 amide bonds. The van der Waals surface area contributed by atoms with Crippen LogP contribution in [0.25, 0.3) is 11.0 Å². The number of hydrogen-bond donors (Lipinski definition) is 1. The van der Waals surface area contributed by atoms with Crippen molar-refractivity contribution in [3.63, 3.8) is 0 Å². The molecule has 1 saturated carbocycles. The molecule has 0 radical (unpaired) electrons. The Labute approximate surface area is 218 Å². The van der Waals surface area contributed by atoms with E-state index in [1.165, 1.54) is 37.3 Å². The molecule has 3 heterocycles. The second kappa shape index (κ2) is 11.3. The van der Waals surface area contributed by atoms with Crippen molar-refractivity contribution in [2.45, 2.75) is 45.1 Å². The smallest absolute Gasteiger partial charge is 0.252 e. The maximum atomic E-state index is 12.8. The lowest BCUT2D eigenvalue weighted by Crippen LogP contribution is -2.49. The van der Waals surface area contributed by atoms with Crippen LogP contribution in [0.15, 0.2) is 60.0 Å². The minimum absolute atomic E-state index is 0.0279. The first kappa shape index (κ1) is 25.1. The third-order valence-electron chi connectivity index (χ3n) is 7.88. The molecule has 0 bridgehead atoms. The molecule has 1 saturated heterocycles. The molecule has 0 atom stereocenters. The topological polar surface area (TPSA) is 83.4 Å². The number of benzene rings is 1. The molecule has 1 aliphatic carbocycles. The molecule has 1 N–H and O–H groups in total. The molecular weight excluding hydrogens is 464 g/mol. The van der Waals surface area contributed by atoms with Crippen LogP contribution in [0.5, 0.6) is 0 Å². The van der Waals surface area contributed by atoms with Gasteiger partial charge in [-0.3, -0.25) is 19.1 Å². The van der Waals surface area contributed by atoms with Gasteiger partial charge in [0.15, 0.2) is 0 Å². The maximum absolute atomic E-state index is 12.8. The quantitative estimate of drug-likeness (QED) is 0.491. The van der Waals surface area contributed by atoms with Crippen molar-refractivity contribution >= 4 is 28.6 Å². The third-order valence-corrected chi connectivity index (χ3v) is 7.88. The monoisotopic (exact) mass is 500 g/mol. The summed E-state index contributed by atoms with van der Waals surface area (Å²) < 4.78 is 1.72. The van der Waals surface area contributed by atoms with Crippen molar-refractivity contribution in [3.05, 3.63) is 71.2 Å². The number of carbonyl (C=O) groups excluding carboxylic acids is 1. The van der Waals surface area contributed by atoms with Crippen molar-refractivity contribution < 1.29 is 4.79 Å². The highest BCUT2D eigenvalue weighted by Gasteiger charge is 2.21. The number of nitrogens with zero attached hydrogens (tertiary/aromatic N) is 5. The average Bonchev–Trinajstić information content (AvgIpc) is 2.93. The molecule has 8 nitrogen and oxygen atoms in total. The highest BCUT2D eigenvalue weighted by Crippen LogP contribution is 2.35. The van der Waals surface area contributed by atoms with Crippen LogP contribution in [0.3, 0.4) is 0 Å². The summed E-state index contributed by atoms with van der Waals surface area (Å²) in [7, 11) is 0. The Kier molecular flexibility index (Phi) is 7.65. The lowest BCUT2D eigenvalue weighted by molar-refractivity contribution is -0.127. The Morgan fingerprint density at radius 2 is 1.76 bits per heavy atom. The first-order chi connectivity index (χ1) is 18.0. The molecule has 2 aliphatic rings. The molecule has 5 rings (SSSR count). The van der Waals surface area contributed by atoms with Crippen LogP contribution in [-0.2, 0) is 11.3 Å². The number of pyridine rings is 1. The predicted molar refractivity (Wildman–Crippen MR) is 147 cm³/mol. The van der Waals surface area contributed by atoms with Gasteiger partial charge in [-0.1, -0.05) is 38.5 Å². The minimum Gasteiger partial charge on any atom is -0.337 e. The van der Waals surface area contributed by atoms with E-state index in [0.29, 0.717) is 43.7 Å². The number of amides is 1. The summed E-state index contributed by atoms with van der Waals surface area (Å²) >= 11 is 0. The number of aromatic nitrogens is 3. The lowest BCUT2D eigenvalue weighted by Gasteiger charge is -2.34. The van der Waals surface area contributed by atoms with Crippen molar-refractivity contribution in [1.29, 1.82) is 0 Å². The second-order valence-corrected chi connectivity index (χ2v) is 10.4. The van der Waals surface area contributed by atoms with Gasteiger partial charge in [0.2, 0.25) is 11.9 Å². The molecular formula is C29H36N6O2. The van der Waals surface area contributed by atoms with Gasteiger partial charge in [-0.15, -0.1) is 0 Å². The summed E-state index contributed by atoms with van der Waals surface area (Å²) in [4.78, 5) is 37.9. The highest BCUT2D eigenvalue weighted by molar-refractivity contribution is 5.87. The fraction of sp³-hybridized carbons (Fsp3) is 0.448. The van der Waals surface area contributed by atoms with E-state index in [9.17, 15) is 9.59 Å². The molecule has 0 spiro atoms. The van der Waals surface area contributed by atoms with Gasteiger partial charge in [0.25, 0.3) is 5.56 Å².